The molecule has 1 amide bonds. The molecule has 1 saturated carbocycles. The lowest BCUT2D eigenvalue weighted by Gasteiger charge is -2.37. The van der Waals surface area contributed by atoms with Crippen LogP contribution < -0.4 is 5.32 Å². The van der Waals surface area contributed by atoms with Gasteiger partial charge in [0.25, 0.3) is 0 Å². The lowest BCUT2D eigenvalue weighted by atomic mass is 9.77. The Morgan fingerprint density at radius 2 is 2.00 bits per heavy atom. The van der Waals surface area contributed by atoms with Gasteiger partial charge in [-0.2, -0.15) is 0 Å². The van der Waals surface area contributed by atoms with Crippen LogP contribution in [0.3, 0.4) is 0 Å². The summed E-state index contributed by atoms with van der Waals surface area (Å²) in [6.07, 6.45) is 0.327. The number of carboxylic acid groups (broad SMARTS) is 1. The summed E-state index contributed by atoms with van der Waals surface area (Å²) < 4.78 is 0. The quantitative estimate of drug-likeness (QED) is 0.577. The topological polar surface area (TPSA) is 69.6 Å². The summed E-state index contributed by atoms with van der Waals surface area (Å²) in [5.74, 6) is 0. The molecule has 0 bridgehead atoms. The summed E-state index contributed by atoms with van der Waals surface area (Å²) in [6, 6.07) is -0.153. The standard InChI is InChI=1S/C9H17NO3/c1-8(2)6(10-7(11)12)4-5-9(8,3)13/h6,10,13H,4-5H2,1-3H3,(H,11,12). The van der Waals surface area contributed by atoms with Crippen LogP contribution in [0.25, 0.3) is 0 Å². The lowest BCUT2D eigenvalue weighted by Crippen LogP contribution is -2.49. The summed E-state index contributed by atoms with van der Waals surface area (Å²) >= 11 is 0. The van der Waals surface area contributed by atoms with Crippen molar-refractivity contribution in [2.45, 2.75) is 45.3 Å². The van der Waals surface area contributed by atoms with E-state index >= 15 is 0 Å². The lowest BCUT2D eigenvalue weighted by molar-refractivity contribution is -0.0337. The number of hydrogen-bond donors (Lipinski definition) is 3. The van der Waals surface area contributed by atoms with Gasteiger partial charge in [-0.1, -0.05) is 13.8 Å². The molecule has 2 atom stereocenters. The number of hydrogen-bond acceptors (Lipinski definition) is 2. The first-order chi connectivity index (χ1) is 5.77. The van der Waals surface area contributed by atoms with E-state index in [1.807, 2.05) is 13.8 Å². The van der Waals surface area contributed by atoms with Crippen molar-refractivity contribution in [2.24, 2.45) is 5.41 Å². The first kappa shape index (κ1) is 10.3. The number of carbonyl (C=O) groups is 1. The Labute approximate surface area is 78.0 Å². The molecule has 0 aromatic rings. The first-order valence-electron chi connectivity index (χ1n) is 4.49. The highest BCUT2D eigenvalue weighted by Gasteiger charge is 2.51. The Kier molecular flexibility index (Phi) is 2.28. The number of aliphatic hydroxyl groups is 1. The fourth-order valence-corrected chi connectivity index (χ4v) is 1.89. The van der Waals surface area contributed by atoms with Gasteiger partial charge in [0, 0.05) is 11.5 Å². The van der Waals surface area contributed by atoms with E-state index in [1.165, 1.54) is 0 Å². The van der Waals surface area contributed by atoms with Gasteiger partial charge in [-0.05, 0) is 19.8 Å². The second-order valence-electron chi connectivity index (χ2n) is 4.54. The maximum atomic E-state index is 10.5. The molecule has 0 aromatic heterocycles. The molecule has 13 heavy (non-hydrogen) atoms. The number of rotatable bonds is 1. The second kappa shape index (κ2) is 2.87. The maximum Gasteiger partial charge on any atom is 0.404 e. The highest BCUT2D eigenvalue weighted by Crippen LogP contribution is 2.45. The maximum absolute atomic E-state index is 10.5. The van der Waals surface area contributed by atoms with Crippen LogP contribution in [0.15, 0.2) is 0 Å². The molecule has 0 spiro atoms. The van der Waals surface area contributed by atoms with E-state index in [0.29, 0.717) is 12.8 Å². The van der Waals surface area contributed by atoms with Gasteiger partial charge in [0.15, 0.2) is 0 Å². The fourth-order valence-electron chi connectivity index (χ4n) is 1.89. The van der Waals surface area contributed by atoms with E-state index in [1.54, 1.807) is 6.92 Å². The van der Waals surface area contributed by atoms with Crippen molar-refractivity contribution in [2.75, 3.05) is 0 Å². The molecule has 4 nitrogen and oxygen atoms in total. The van der Waals surface area contributed by atoms with Crippen molar-refractivity contribution >= 4 is 6.09 Å². The Bertz CT molecular complexity index is 223. The van der Waals surface area contributed by atoms with Crippen LogP contribution in [-0.4, -0.2) is 27.9 Å². The fraction of sp³-hybridized carbons (Fsp3) is 0.889. The highest BCUT2D eigenvalue weighted by atomic mass is 16.4. The molecule has 1 aliphatic carbocycles. The summed E-state index contributed by atoms with van der Waals surface area (Å²) in [5.41, 5.74) is -1.18. The van der Waals surface area contributed by atoms with Crippen LogP contribution in [0.2, 0.25) is 0 Å². The molecule has 3 N–H and O–H groups in total. The zero-order valence-corrected chi connectivity index (χ0v) is 8.29. The molecule has 0 saturated heterocycles. The van der Waals surface area contributed by atoms with Crippen molar-refractivity contribution in [1.29, 1.82) is 0 Å². The molecule has 4 heteroatoms. The smallest absolute Gasteiger partial charge is 0.404 e. The van der Waals surface area contributed by atoms with Crippen molar-refractivity contribution in [3.8, 4) is 0 Å². The van der Waals surface area contributed by atoms with Crippen molar-refractivity contribution in [3.05, 3.63) is 0 Å². The Morgan fingerprint density at radius 3 is 2.31 bits per heavy atom. The molecular weight excluding hydrogens is 170 g/mol. The van der Waals surface area contributed by atoms with Gasteiger partial charge in [-0.15, -0.1) is 0 Å². The predicted octanol–water partition coefficient (Wildman–Crippen LogP) is 1.19. The average Bonchev–Trinajstić information content (AvgIpc) is 2.11. The van der Waals surface area contributed by atoms with E-state index in [0.717, 1.165) is 0 Å². The summed E-state index contributed by atoms with van der Waals surface area (Å²) in [6.45, 7) is 5.54. The molecule has 1 fully saturated rings. The van der Waals surface area contributed by atoms with Crippen LogP contribution in [0.1, 0.15) is 33.6 Å². The normalized spacial score (nSPS) is 37.4. The Morgan fingerprint density at radius 1 is 1.46 bits per heavy atom. The van der Waals surface area contributed by atoms with Gasteiger partial charge in [0.2, 0.25) is 0 Å². The van der Waals surface area contributed by atoms with Crippen LogP contribution >= 0.6 is 0 Å². The molecule has 0 heterocycles. The van der Waals surface area contributed by atoms with E-state index in [9.17, 15) is 9.90 Å². The minimum Gasteiger partial charge on any atom is -0.465 e. The van der Waals surface area contributed by atoms with E-state index in [-0.39, 0.29) is 6.04 Å². The van der Waals surface area contributed by atoms with Gasteiger partial charge < -0.3 is 15.5 Å². The van der Waals surface area contributed by atoms with Crippen molar-refractivity contribution in [3.63, 3.8) is 0 Å². The van der Waals surface area contributed by atoms with E-state index in [4.69, 9.17) is 5.11 Å². The Balaban J connectivity index is 2.76. The van der Waals surface area contributed by atoms with Gasteiger partial charge in [-0.25, -0.2) is 4.79 Å². The molecule has 0 aliphatic heterocycles. The summed E-state index contributed by atoms with van der Waals surface area (Å²) in [4.78, 5) is 10.5. The van der Waals surface area contributed by atoms with Crippen molar-refractivity contribution in [1.82, 2.24) is 5.32 Å². The third kappa shape index (κ3) is 1.63. The predicted molar refractivity (Wildman–Crippen MR) is 48.6 cm³/mol. The minimum absolute atomic E-state index is 0.153. The zero-order valence-electron chi connectivity index (χ0n) is 8.29. The zero-order chi connectivity index (χ0) is 10.3. The van der Waals surface area contributed by atoms with Crippen LogP contribution in [0, 0.1) is 5.41 Å². The largest absolute Gasteiger partial charge is 0.465 e. The third-order valence-electron chi connectivity index (χ3n) is 3.48. The van der Waals surface area contributed by atoms with Gasteiger partial charge >= 0.3 is 6.09 Å². The molecule has 1 rings (SSSR count). The van der Waals surface area contributed by atoms with E-state index in [2.05, 4.69) is 5.32 Å². The van der Waals surface area contributed by atoms with Crippen molar-refractivity contribution < 1.29 is 15.0 Å². The number of amides is 1. The van der Waals surface area contributed by atoms with Gasteiger partial charge in [-0.3, -0.25) is 0 Å². The number of nitrogens with one attached hydrogen (secondary N) is 1. The SMILES string of the molecule is CC1(O)CCC(NC(=O)O)C1(C)C. The van der Waals surface area contributed by atoms with Crippen LogP contribution in [-0.2, 0) is 0 Å². The molecule has 76 valence electrons. The van der Waals surface area contributed by atoms with Gasteiger partial charge in [0.05, 0.1) is 5.60 Å². The molecule has 0 radical (unpaired) electrons. The Hall–Kier alpha value is -0.770. The van der Waals surface area contributed by atoms with E-state index < -0.39 is 17.1 Å². The molecular formula is C9H17NO3. The van der Waals surface area contributed by atoms with Crippen LogP contribution in [0.4, 0.5) is 4.79 Å². The molecule has 1 aliphatic rings. The third-order valence-corrected chi connectivity index (χ3v) is 3.48. The minimum atomic E-state index is -1.02. The monoisotopic (exact) mass is 187 g/mol. The average molecular weight is 187 g/mol. The molecule has 0 aromatic carbocycles. The first-order valence-corrected chi connectivity index (χ1v) is 4.49. The van der Waals surface area contributed by atoms with Gasteiger partial charge in [0.1, 0.15) is 0 Å². The highest BCUT2D eigenvalue weighted by molar-refractivity contribution is 5.65. The molecule has 2 unspecified atom stereocenters. The summed E-state index contributed by atoms with van der Waals surface area (Å²) in [5, 5.41) is 21.0. The second-order valence-corrected chi connectivity index (χ2v) is 4.54. The summed E-state index contributed by atoms with van der Waals surface area (Å²) in [7, 11) is 0. The van der Waals surface area contributed by atoms with Crippen LogP contribution in [0.5, 0.6) is 0 Å².